The van der Waals surface area contributed by atoms with Crippen molar-refractivity contribution in [1.82, 2.24) is 10.2 Å². The Bertz CT molecular complexity index is 1230. The van der Waals surface area contributed by atoms with Crippen LogP contribution in [-0.4, -0.2) is 22.0 Å². The molecule has 0 fully saturated rings. The molecule has 0 atom stereocenters. The van der Waals surface area contributed by atoms with Gasteiger partial charge in [-0.15, -0.1) is 0 Å². The van der Waals surface area contributed by atoms with Crippen molar-refractivity contribution in [2.45, 2.75) is 0 Å². The molecule has 3 aromatic carbocycles. The fraction of sp³-hybridized carbons (Fsp3) is 0. The van der Waals surface area contributed by atoms with Gasteiger partial charge in [-0.3, -0.25) is 14.7 Å². The second kappa shape index (κ2) is 6.32. The van der Waals surface area contributed by atoms with E-state index in [4.69, 9.17) is 0 Å². The highest BCUT2D eigenvalue weighted by Crippen LogP contribution is 2.31. The highest BCUT2D eigenvalue weighted by atomic mass is 16.2. The first-order chi connectivity index (χ1) is 13.7. The predicted octanol–water partition coefficient (Wildman–Crippen LogP) is 4.53. The molecule has 0 spiro atoms. The van der Waals surface area contributed by atoms with Crippen LogP contribution in [0, 0.1) is 0 Å². The average Bonchev–Trinajstić information content (AvgIpc) is 3.26. The first-order valence-corrected chi connectivity index (χ1v) is 8.92. The van der Waals surface area contributed by atoms with Gasteiger partial charge in [0.25, 0.3) is 11.8 Å². The van der Waals surface area contributed by atoms with Gasteiger partial charge in [-0.25, -0.2) is 4.90 Å². The second-order valence-corrected chi connectivity index (χ2v) is 6.54. The molecule has 0 radical (unpaired) electrons. The summed E-state index contributed by atoms with van der Waals surface area (Å²) in [5.74, 6) is -0.599. The molecule has 28 heavy (non-hydrogen) atoms. The minimum Gasteiger partial charge on any atom is -0.277 e. The zero-order valence-electron chi connectivity index (χ0n) is 14.8. The molecule has 1 N–H and O–H groups in total. The number of hydrogen-bond donors (Lipinski definition) is 1. The Labute approximate surface area is 160 Å². The normalized spacial score (nSPS) is 13.6. The van der Waals surface area contributed by atoms with Gasteiger partial charge >= 0.3 is 0 Å². The number of fused-ring (bicyclic) bond motifs is 2. The van der Waals surface area contributed by atoms with E-state index < -0.39 is 0 Å². The van der Waals surface area contributed by atoms with Crippen LogP contribution >= 0.6 is 0 Å². The fourth-order valence-corrected chi connectivity index (χ4v) is 3.52. The topological polar surface area (TPSA) is 66.1 Å². The minimum atomic E-state index is -0.299. The maximum absolute atomic E-state index is 12.8. The molecular formula is C23H15N3O2. The summed E-state index contributed by atoms with van der Waals surface area (Å²) in [7, 11) is 0. The van der Waals surface area contributed by atoms with Crippen molar-refractivity contribution in [1.29, 1.82) is 0 Å². The van der Waals surface area contributed by atoms with Crippen LogP contribution in [0.5, 0.6) is 0 Å². The number of carbonyl (C=O) groups excluding carboxylic acids is 2. The van der Waals surface area contributed by atoms with E-state index in [2.05, 4.69) is 10.2 Å². The van der Waals surface area contributed by atoms with Crippen LogP contribution in [0.3, 0.4) is 0 Å². The van der Waals surface area contributed by atoms with E-state index >= 15 is 0 Å². The molecule has 5 nitrogen and oxygen atoms in total. The molecule has 1 aromatic heterocycles. The van der Waals surface area contributed by atoms with Crippen LogP contribution in [0.15, 0.2) is 72.8 Å². The number of benzene rings is 3. The Morgan fingerprint density at radius 2 is 1.39 bits per heavy atom. The maximum atomic E-state index is 12.8. The first-order valence-electron chi connectivity index (χ1n) is 8.92. The van der Waals surface area contributed by atoms with Gasteiger partial charge in [0.1, 0.15) is 0 Å². The lowest BCUT2D eigenvalue weighted by atomic mass is 10.1. The number of nitrogens with one attached hydrogen (secondary N) is 1. The number of hydrogen-bond acceptors (Lipinski definition) is 3. The van der Waals surface area contributed by atoms with E-state index in [0.29, 0.717) is 16.8 Å². The maximum Gasteiger partial charge on any atom is 0.266 e. The van der Waals surface area contributed by atoms with Gasteiger partial charge in [-0.2, -0.15) is 5.10 Å². The molecular weight excluding hydrogens is 350 g/mol. The lowest BCUT2D eigenvalue weighted by Crippen LogP contribution is -2.29. The molecule has 2 heterocycles. The number of anilines is 1. The molecule has 4 aromatic rings. The van der Waals surface area contributed by atoms with Crippen LogP contribution in [0.1, 0.15) is 32.0 Å². The summed E-state index contributed by atoms with van der Waals surface area (Å²) < 4.78 is 0. The van der Waals surface area contributed by atoms with Gasteiger partial charge in [0.15, 0.2) is 0 Å². The lowest BCUT2D eigenvalue weighted by Gasteiger charge is -2.16. The van der Waals surface area contributed by atoms with E-state index in [1.54, 1.807) is 30.3 Å². The number of rotatable bonds is 3. The summed E-state index contributed by atoms with van der Waals surface area (Å²) >= 11 is 0. The largest absolute Gasteiger partial charge is 0.277 e. The van der Waals surface area contributed by atoms with E-state index in [9.17, 15) is 9.59 Å². The summed E-state index contributed by atoms with van der Waals surface area (Å²) in [5, 5.41) is 8.35. The SMILES string of the molecule is O=C1c2ccccc2C(=O)N1c1ccccc1/C=C/c1n[nH]c2ccccc12. The zero-order valence-corrected chi connectivity index (χ0v) is 14.8. The lowest BCUT2D eigenvalue weighted by molar-refractivity contribution is 0.0926. The van der Waals surface area contributed by atoms with E-state index in [1.807, 2.05) is 54.6 Å². The van der Waals surface area contributed by atoms with Crippen molar-refractivity contribution in [2.24, 2.45) is 0 Å². The molecule has 1 aliphatic heterocycles. The molecule has 0 bridgehead atoms. The van der Waals surface area contributed by atoms with Crippen LogP contribution in [0.25, 0.3) is 23.1 Å². The van der Waals surface area contributed by atoms with Crippen molar-refractivity contribution in [3.63, 3.8) is 0 Å². The second-order valence-electron chi connectivity index (χ2n) is 6.54. The van der Waals surface area contributed by atoms with Gasteiger partial charge in [-0.1, -0.05) is 54.6 Å². The van der Waals surface area contributed by atoms with Crippen molar-refractivity contribution >= 4 is 40.6 Å². The highest BCUT2D eigenvalue weighted by molar-refractivity contribution is 6.34. The molecule has 5 heteroatoms. The molecule has 0 saturated heterocycles. The Morgan fingerprint density at radius 3 is 2.18 bits per heavy atom. The van der Waals surface area contributed by atoms with Gasteiger partial charge in [0, 0.05) is 5.39 Å². The van der Waals surface area contributed by atoms with Gasteiger partial charge in [0.05, 0.1) is 28.0 Å². The highest BCUT2D eigenvalue weighted by Gasteiger charge is 2.36. The third-order valence-electron chi connectivity index (χ3n) is 4.89. The van der Waals surface area contributed by atoms with Crippen LogP contribution in [0.4, 0.5) is 5.69 Å². The first kappa shape index (κ1) is 16.2. The molecule has 1 aliphatic rings. The standard InChI is InChI=1S/C23H15N3O2/c27-22-16-8-2-3-9-17(16)23(28)26(22)21-12-6-1-7-15(21)13-14-20-18-10-4-5-11-19(18)24-25-20/h1-14H,(H,24,25)/b14-13+. The van der Waals surface area contributed by atoms with E-state index in [0.717, 1.165) is 22.2 Å². The third-order valence-corrected chi connectivity index (χ3v) is 4.89. The quantitative estimate of drug-likeness (QED) is 0.542. The van der Waals surface area contributed by atoms with Crippen molar-refractivity contribution < 1.29 is 9.59 Å². The molecule has 0 unspecified atom stereocenters. The van der Waals surface area contributed by atoms with E-state index in [1.165, 1.54) is 4.90 Å². The zero-order chi connectivity index (χ0) is 19.1. The number of aromatic amines is 1. The molecule has 134 valence electrons. The summed E-state index contributed by atoms with van der Waals surface area (Å²) in [6.45, 7) is 0. The van der Waals surface area contributed by atoms with Crippen molar-refractivity contribution in [3.05, 3.63) is 95.2 Å². The molecule has 5 rings (SSSR count). The monoisotopic (exact) mass is 365 g/mol. The van der Waals surface area contributed by atoms with Crippen LogP contribution in [-0.2, 0) is 0 Å². The van der Waals surface area contributed by atoms with Crippen molar-refractivity contribution in [3.8, 4) is 0 Å². The van der Waals surface area contributed by atoms with Gasteiger partial charge in [-0.05, 0) is 35.9 Å². The van der Waals surface area contributed by atoms with Crippen LogP contribution < -0.4 is 4.90 Å². The summed E-state index contributed by atoms with van der Waals surface area (Å²) in [5.41, 5.74) is 3.95. The van der Waals surface area contributed by atoms with E-state index in [-0.39, 0.29) is 11.8 Å². The molecule has 0 aliphatic carbocycles. The Balaban J connectivity index is 1.56. The number of aromatic nitrogens is 2. The van der Waals surface area contributed by atoms with Gasteiger partial charge in [0.2, 0.25) is 0 Å². The molecule has 2 amide bonds. The summed E-state index contributed by atoms with van der Waals surface area (Å²) in [4.78, 5) is 26.9. The molecule has 0 saturated carbocycles. The Kier molecular flexibility index (Phi) is 3.66. The summed E-state index contributed by atoms with van der Waals surface area (Å²) in [6, 6.07) is 22.1. The van der Waals surface area contributed by atoms with Crippen LogP contribution in [0.2, 0.25) is 0 Å². The Morgan fingerprint density at radius 1 is 0.750 bits per heavy atom. The third kappa shape index (κ3) is 2.45. The predicted molar refractivity (Wildman–Crippen MR) is 109 cm³/mol. The van der Waals surface area contributed by atoms with Gasteiger partial charge < -0.3 is 0 Å². The minimum absolute atomic E-state index is 0.299. The number of amides is 2. The van der Waals surface area contributed by atoms with Crippen molar-refractivity contribution in [2.75, 3.05) is 4.90 Å². The number of H-pyrrole nitrogens is 1. The average molecular weight is 365 g/mol. The number of nitrogens with zero attached hydrogens (tertiary/aromatic N) is 2. The number of carbonyl (C=O) groups is 2. The summed E-state index contributed by atoms with van der Waals surface area (Å²) in [6.07, 6.45) is 3.76. The smallest absolute Gasteiger partial charge is 0.266 e. The number of para-hydroxylation sites is 2. The fourth-order valence-electron chi connectivity index (χ4n) is 3.52. The Hall–Kier alpha value is -3.99. The number of imide groups is 1.